The molecule has 5 amide bonds. The minimum Gasteiger partial charge on any atom is -0.404 e. The number of phosphoric ester groups is 1. The summed E-state index contributed by atoms with van der Waals surface area (Å²) < 4.78 is 15.8. The topological polar surface area (TPSA) is 212 Å². The first kappa shape index (κ1) is 41.8. The fourth-order valence-electron chi connectivity index (χ4n) is 6.13. The van der Waals surface area contributed by atoms with Crippen molar-refractivity contribution in [1.29, 1.82) is 0 Å². The maximum absolute atomic E-state index is 14.0. The molecule has 5 aromatic carbocycles. The van der Waals surface area contributed by atoms with Crippen molar-refractivity contribution in [3.63, 3.8) is 0 Å². The van der Waals surface area contributed by atoms with Gasteiger partial charge in [-0.05, 0) is 45.2 Å². The molecule has 14 nitrogen and oxygen atoms in total. The molecule has 0 aliphatic heterocycles. The van der Waals surface area contributed by atoms with E-state index in [2.05, 4.69) is 31.1 Å². The van der Waals surface area contributed by atoms with Gasteiger partial charge in [0.15, 0.2) is 0 Å². The maximum atomic E-state index is 14.0. The number of phosphoric acid groups is 1. The van der Waals surface area contributed by atoms with Gasteiger partial charge >= 0.3 is 7.82 Å². The molecule has 3 atom stereocenters. The fourth-order valence-corrected chi connectivity index (χ4v) is 6.52. The minimum atomic E-state index is -4.78. The highest BCUT2D eigenvalue weighted by atomic mass is 31.2. The van der Waals surface area contributed by atoms with Crippen LogP contribution in [0.1, 0.15) is 22.3 Å². The Bertz CT molecular complexity index is 2220. The average Bonchev–Trinajstić information content (AvgIpc) is 3.19. The van der Waals surface area contributed by atoms with Crippen molar-refractivity contribution in [3.8, 4) is 5.75 Å². The first-order chi connectivity index (χ1) is 27.3. The third-order valence-corrected chi connectivity index (χ3v) is 9.39. The molecule has 296 valence electrons. The van der Waals surface area contributed by atoms with Crippen LogP contribution < -0.4 is 31.1 Å². The van der Waals surface area contributed by atoms with Gasteiger partial charge in [0, 0.05) is 26.3 Å². The standard InChI is InChI=1S/C42H44N5O9P/c1-43-40(50)35(25-30-17-20-34(21-18-30)56-57(53,54)55)46-42(52)37(24-29-12-6-3-7-13-29)47-41(51)36(23-28-10-4-2-5-11-28)45-39(49)27-44-38(48)26-31-16-19-32-14-8-9-15-33(32)22-31/h2-22,35-37H,23-27H2,1H3,(H,43,50)(H,44,48)(H,45,49)(H,46,52)(H,47,51)(H2,53,54,55)/t35?,36-,37-/m0/s1. The van der Waals surface area contributed by atoms with Crippen LogP contribution >= 0.6 is 7.82 Å². The van der Waals surface area contributed by atoms with Crippen molar-refractivity contribution >= 4 is 48.1 Å². The second-order valence-corrected chi connectivity index (χ2v) is 14.5. The zero-order chi connectivity index (χ0) is 40.8. The minimum absolute atomic E-state index is 0.00706. The lowest BCUT2D eigenvalue weighted by molar-refractivity contribution is -0.133. The Kier molecular flexibility index (Phi) is 14.7. The number of nitrogens with one attached hydrogen (secondary N) is 5. The molecule has 0 heterocycles. The lowest BCUT2D eigenvalue weighted by atomic mass is 10.0. The Labute approximate surface area is 329 Å². The molecule has 5 aromatic rings. The molecule has 0 saturated heterocycles. The van der Waals surface area contributed by atoms with Crippen molar-refractivity contribution < 1.29 is 42.8 Å². The molecule has 0 saturated carbocycles. The van der Waals surface area contributed by atoms with E-state index in [-0.39, 0.29) is 43.9 Å². The molecule has 0 aliphatic carbocycles. The number of amides is 5. The van der Waals surface area contributed by atoms with E-state index in [0.29, 0.717) is 11.1 Å². The van der Waals surface area contributed by atoms with E-state index in [4.69, 9.17) is 9.79 Å². The summed E-state index contributed by atoms with van der Waals surface area (Å²) in [6.07, 6.45) is 0.165. The van der Waals surface area contributed by atoms with Gasteiger partial charge in [-0.2, -0.15) is 0 Å². The summed E-state index contributed by atoms with van der Waals surface area (Å²) in [6, 6.07) is 33.6. The molecule has 0 radical (unpaired) electrons. The van der Waals surface area contributed by atoms with Crippen LogP contribution in [0.2, 0.25) is 0 Å². The van der Waals surface area contributed by atoms with Gasteiger partial charge in [-0.1, -0.05) is 115 Å². The predicted octanol–water partition coefficient (Wildman–Crippen LogP) is 2.90. The van der Waals surface area contributed by atoms with Crippen molar-refractivity contribution in [2.75, 3.05) is 13.6 Å². The molecular weight excluding hydrogens is 749 g/mol. The average molecular weight is 794 g/mol. The molecule has 0 spiro atoms. The van der Waals surface area contributed by atoms with Crippen LogP contribution in [-0.4, -0.2) is 71.0 Å². The molecule has 0 aromatic heterocycles. The normalized spacial score (nSPS) is 12.7. The highest BCUT2D eigenvalue weighted by molar-refractivity contribution is 7.46. The second kappa shape index (κ2) is 20.0. The molecule has 0 aliphatic rings. The number of carbonyl (C=O) groups excluding carboxylic acids is 5. The van der Waals surface area contributed by atoms with E-state index in [1.807, 2.05) is 48.5 Å². The van der Waals surface area contributed by atoms with E-state index in [1.54, 1.807) is 54.6 Å². The Morgan fingerprint density at radius 1 is 0.561 bits per heavy atom. The molecular formula is C42H44N5O9P. The molecule has 57 heavy (non-hydrogen) atoms. The zero-order valence-corrected chi connectivity index (χ0v) is 32.0. The summed E-state index contributed by atoms with van der Waals surface area (Å²) in [5.74, 6) is -2.94. The number of rotatable bonds is 18. The predicted molar refractivity (Wildman–Crippen MR) is 214 cm³/mol. The van der Waals surface area contributed by atoms with E-state index in [9.17, 15) is 28.5 Å². The number of benzene rings is 5. The third-order valence-electron chi connectivity index (χ3n) is 8.94. The van der Waals surface area contributed by atoms with Crippen molar-refractivity contribution in [1.82, 2.24) is 26.6 Å². The summed E-state index contributed by atoms with van der Waals surface area (Å²) in [5, 5.41) is 15.4. The molecule has 5 rings (SSSR count). The van der Waals surface area contributed by atoms with Crippen LogP contribution in [0, 0.1) is 0 Å². The molecule has 0 fully saturated rings. The Balaban J connectivity index is 1.28. The van der Waals surface area contributed by atoms with Crippen LogP contribution in [0.15, 0.2) is 127 Å². The lowest BCUT2D eigenvalue weighted by Gasteiger charge is -2.25. The Morgan fingerprint density at radius 3 is 1.58 bits per heavy atom. The number of hydrogen-bond acceptors (Lipinski definition) is 7. The number of likely N-dealkylation sites (N-methyl/N-ethyl adjacent to an activating group) is 1. The SMILES string of the molecule is CNC(=O)C(Cc1ccc(OP(=O)(O)O)cc1)NC(=O)[C@H](Cc1ccccc1)NC(=O)[C@H](Cc1ccccc1)NC(=O)CNC(=O)Cc1ccc2ccccc2c1. The summed E-state index contributed by atoms with van der Waals surface area (Å²) in [6.45, 7) is -0.390. The summed E-state index contributed by atoms with van der Waals surface area (Å²) in [4.78, 5) is 85.2. The van der Waals surface area contributed by atoms with E-state index in [1.165, 1.54) is 31.3 Å². The number of hydrogen-bond donors (Lipinski definition) is 7. The van der Waals surface area contributed by atoms with E-state index >= 15 is 0 Å². The summed E-state index contributed by atoms with van der Waals surface area (Å²) >= 11 is 0. The van der Waals surface area contributed by atoms with Crippen LogP contribution in [0.5, 0.6) is 5.75 Å². The van der Waals surface area contributed by atoms with Gasteiger partial charge in [-0.3, -0.25) is 33.8 Å². The van der Waals surface area contributed by atoms with Gasteiger partial charge in [0.25, 0.3) is 0 Å². The molecule has 15 heteroatoms. The zero-order valence-electron chi connectivity index (χ0n) is 31.1. The third kappa shape index (κ3) is 13.4. The number of fused-ring (bicyclic) bond motifs is 1. The van der Waals surface area contributed by atoms with Gasteiger partial charge < -0.3 is 31.1 Å². The number of carbonyl (C=O) groups is 5. The van der Waals surface area contributed by atoms with Crippen molar-refractivity contribution in [2.45, 2.75) is 43.8 Å². The summed E-state index contributed by atoms with van der Waals surface area (Å²) in [5.41, 5.74) is 2.77. The van der Waals surface area contributed by atoms with Crippen molar-refractivity contribution in [2.24, 2.45) is 0 Å². The second-order valence-electron chi connectivity index (χ2n) is 13.3. The van der Waals surface area contributed by atoms with Crippen molar-refractivity contribution in [3.05, 3.63) is 150 Å². The largest absolute Gasteiger partial charge is 0.524 e. The fraction of sp³-hybridized carbons (Fsp3) is 0.214. The molecule has 7 N–H and O–H groups in total. The van der Waals surface area contributed by atoms with Gasteiger partial charge in [-0.15, -0.1) is 0 Å². The highest BCUT2D eigenvalue weighted by Crippen LogP contribution is 2.37. The van der Waals surface area contributed by atoms with Gasteiger partial charge in [0.2, 0.25) is 29.5 Å². The lowest BCUT2D eigenvalue weighted by Crippen LogP contribution is -2.58. The van der Waals surface area contributed by atoms with E-state index in [0.717, 1.165) is 21.9 Å². The maximum Gasteiger partial charge on any atom is 0.524 e. The monoisotopic (exact) mass is 793 g/mol. The first-order valence-corrected chi connectivity index (χ1v) is 19.7. The van der Waals surface area contributed by atoms with Gasteiger partial charge in [0.1, 0.15) is 23.9 Å². The van der Waals surface area contributed by atoms with Crippen LogP contribution in [0.4, 0.5) is 0 Å². The highest BCUT2D eigenvalue weighted by Gasteiger charge is 2.30. The quantitative estimate of drug-likeness (QED) is 0.0650. The molecule has 1 unspecified atom stereocenters. The van der Waals surface area contributed by atoms with Gasteiger partial charge in [0.05, 0.1) is 13.0 Å². The van der Waals surface area contributed by atoms with Crippen LogP contribution in [0.25, 0.3) is 10.8 Å². The van der Waals surface area contributed by atoms with Gasteiger partial charge in [-0.25, -0.2) is 4.57 Å². The Hall–Kier alpha value is -6.34. The molecule has 0 bridgehead atoms. The Morgan fingerprint density at radius 2 is 1.04 bits per heavy atom. The smallest absolute Gasteiger partial charge is 0.404 e. The summed E-state index contributed by atoms with van der Waals surface area (Å²) in [7, 11) is -3.37. The van der Waals surface area contributed by atoms with E-state index < -0.39 is 49.6 Å². The first-order valence-electron chi connectivity index (χ1n) is 18.1. The van der Waals surface area contributed by atoms with Crippen LogP contribution in [-0.2, 0) is 54.2 Å². The van der Waals surface area contributed by atoms with Crippen LogP contribution in [0.3, 0.4) is 0 Å².